The standard InChI is InChI=1S/C29H39N3O4/c1-20(2)12-14-32(15-13-21(3)4)29(34)30-24-10-11-26-23(17-24)18-27(36-26)28(33)31(5)19-22-8-7-9-25(16-22)35-6/h7-11,16-18,20-21H,12-15,19H2,1-6H3,(H,30,34). The Morgan fingerprint density at radius 2 is 1.67 bits per heavy atom. The first-order valence-corrected chi connectivity index (χ1v) is 12.6. The second-order valence-corrected chi connectivity index (χ2v) is 10.2. The summed E-state index contributed by atoms with van der Waals surface area (Å²) in [6.07, 6.45) is 1.92. The highest BCUT2D eigenvalue weighted by Crippen LogP contribution is 2.25. The minimum Gasteiger partial charge on any atom is -0.497 e. The number of hydrogen-bond acceptors (Lipinski definition) is 4. The molecule has 2 aromatic carbocycles. The Balaban J connectivity index is 1.69. The molecule has 0 atom stereocenters. The molecule has 0 saturated heterocycles. The smallest absolute Gasteiger partial charge is 0.321 e. The van der Waals surface area contributed by atoms with Crippen molar-refractivity contribution in [1.29, 1.82) is 0 Å². The van der Waals surface area contributed by atoms with Crippen LogP contribution >= 0.6 is 0 Å². The van der Waals surface area contributed by atoms with E-state index in [-0.39, 0.29) is 17.7 Å². The highest BCUT2D eigenvalue weighted by molar-refractivity contribution is 5.98. The fourth-order valence-electron chi connectivity index (χ4n) is 3.88. The van der Waals surface area contributed by atoms with Gasteiger partial charge in [-0.2, -0.15) is 0 Å². The molecule has 0 bridgehead atoms. The van der Waals surface area contributed by atoms with E-state index in [1.807, 2.05) is 35.2 Å². The summed E-state index contributed by atoms with van der Waals surface area (Å²) in [6, 6.07) is 14.7. The van der Waals surface area contributed by atoms with Crippen molar-refractivity contribution in [2.75, 3.05) is 32.6 Å². The lowest BCUT2D eigenvalue weighted by Gasteiger charge is -2.25. The summed E-state index contributed by atoms with van der Waals surface area (Å²) in [5.41, 5.74) is 2.24. The third-order valence-corrected chi connectivity index (χ3v) is 6.12. The Morgan fingerprint density at radius 1 is 0.972 bits per heavy atom. The number of nitrogens with one attached hydrogen (secondary N) is 1. The van der Waals surface area contributed by atoms with Crippen LogP contribution in [-0.2, 0) is 6.54 Å². The third-order valence-electron chi connectivity index (χ3n) is 6.12. The van der Waals surface area contributed by atoms with E-state index in [9.17, 15) is 9.59 Å². The van der Waals surface area contributed by atoms with Crippen LogP contribution in [0.15, 0.2) is 52.9 Å². The number of ether oxygens (including phenoxy) is 1. The van der Waals surface area contributed by atoms with Crippen molar-refractivity contribution in [2.24, 2.45) is 11.8 Å². The SMILES string of the molecule is COc1cccc(CN(C)C(=O)c2cc3cc(NC(=O)N(CCC(C)C)CCC(C)C)ccc3o2)c1. The molecule has 1 heterocycles. The van der Waals surface area contributed by atoms with Gasteiger partial charge in [0.15, 0.2) is 5.76 Å². The van der Waals surface area contributed by atoms with Gasteiger partial charge < -0.3 is 24.3 Å². The zero-order valence-corrected chi connectivity index (χ0v) is 22.3. The molecule has 0 aliphatic rings. The number of anilines is 1. The molecule has 1 aromatic heterocycles. The normalized spacial score (nSPS) is 11.2. The topological polar surface area (TPSA) is 75.0 Å². The molecule has 0 radical (unpaired) electrons. The van der Waals surface area contributed by atoms with Crippen LogP contribution in [0.1, 0.15) is 56.7 Å². The summed E-state index contributed by atoms with van der Waals surface area (Å²) >= 11 is 0. The maximum atomic E-state index is 13.0. The second kappa shape index (κ2) is 12.5. The first-order chi connectivity index (χ1) is 17.2. The molecule has 0 spiro atoms. The molecule has 36 heavy (non-hydrogen) atoms. The number of amides is 3. The number of benzene rings is 2. The van der Waals surface area contributed by atoms with E-state index in [0.717, 1.165) is 42.6 Å². The van der Waals surface area contributed by atoms with E-state index >= 15 is 0 Å². The Hall–Kier alpha value is -3.48. The molecular formula is C29H39N3O4. The zero-order chi connectivity index (χ0) is 26.2. The monoisotopic (exact) mass is 493 g/mol. The Bertz CT molecular complexity index is 1160. The average Bonchev–Trinajstić information content (AvgIpc) is 3.26. The Kier molecular flexibility index (Phi) is 9.39. The number of furan rings is 1. The number of carbonyl (C=O) groups excluding carboxylic acids is 2. The fraction of sp³-hybridized carbons (Fsp3) is 0.448. The largest absolute Gasteiger partial charge is 0.497 e. The summed E-state index contributed by atoms with van der Waals surface area (Å²) in [5, 5.41) is 3.79. The molecule has 0 aliphatic carbocycles. The number of urea groups is 1. The van der Waals surface area contributed by atoms with Crippen LogP contribution in [0.3, 0.4) is 0 Å². The Morgan fingerprint density at radius 3 is 2.31 bits per heavy atom. The third kappa shape index (κ3) is 7.51. The predicted octanol–water partition coefficient (Wildman–Crippen LogP) is 6.64. The molecule has 7 nitrogen and oxygen atoms in total. The minimum atomic E-state index is -0.215. The van der Waals surface area contributed by atoms with Gasteiger partial charge in [-0.15, -0.1) is 0 Å². The van der Waals surface area contributed by atoms with Gasteiger partial charge in [-0.25, -0.2) is 4.79 Å². The van der Waals surface area contributed by atoms with Crippen LogP contribution < -0.4 is 10.1 Å². The van der Waals surface area contributed by atoms with Crippen molar-refractivity contribution < 1.29 is 18.7 Å². The molecule has 0 saturated carbocycles. The molecule has 1 N–H and O–H groups in total. The number of rotatable bonds is 11. The molecule has 7 heteroatoms. The Labute approximate surface area is 214 Å². The number of fused-ring (bicyclic) bond motifs is 1. The summed E-state index contributed by atoms with van der Waals surface area (Å²) in [4.78, 5) is 29.5. The highest BCUT2D eigenvalue weighted by atomic mass is 16.5. The first kappa shape index (κ1) is 27.1. The maximum absolute atomic E-state index is 13.0. The van der Waals surface area contributed by atoms with E-state index in [0.29, 0.717) is 29.7 Å². The summed E-state index contributed by atoms with van der Waals surface area (Å²) in [5.74, 6) is 1.85. The molecular weight excluding hydrogens is 454 g/mol. The summed E-state index contributed by atoms with van der Waals surface area (Å²) in [6.45, 7) is 10.5. The number of methoxy groups -OCH3 is 1. The average molecular weight is 494 g/mol. The molecule has 3 rings (SSSR count). The zero-order valence-electron chi connectivity index (χ0n) is 22.3. The van der Waals surface area contributed by atoms with Gasteiger partial charge >= 0.3 is 6.03 Å². The summed E-state index contributed by atoms with van der Waals surface area (Å²) < 4.78 is 11.1. The lowest BCUT2D eigenvalue weighted by Crippen LogP contribution is -2.37. The van der Waals surface area contributed by atoms with Crippen molar-refractivity contribution >= 4 is 28.6 Å². The molecule has 0 fully saturated rings. The lowest BCUT2D eigenvalue weighted by molar-refractivity contribution is 0.0755. The van der Waals surface area contributed by atoms with Gasteiger partial charge in [-0.1, -0.05) is 39.8 Å². The molecule has 3 aromatic rings. The van der Waals surface area contributed by atoms with Crippen LogP contribution in [-0.4, -0.2) is 49.0 Å². The summed E-state index contributed by atoms with van der Waals surface area (Å²) in [7, 11) is 3.36. The molecule has 194 valence electrons. The van der Waals surface area contributed by atoms with Gasteiger partial charge in [0.2, 0.25) is 0 Å². The van der Waals surface area contributed by atoms with E-state index in [1.165, 1.54) is 0 Å². The maximum Gasteiger partial charge on any atom is 0.321 e. The van der Waals surface area contributed by atoms with Crippen LogP contribution in [0.5, 0.6) is 5.75 Å². The van der Waals surface area contributed by atoms with Crippen LogP contribution in [0.2, 0.25) is 0 Å². The van der Waals surface area contributed by atoms with Crippen molar-refractivity contribution in [1.82, 2.24) is 9.80 Å². The first-order valence-electron chi connectivity index (χ1n) is 12.6. The lowest BCUT2D eigenvalue weighted by atomic mass is 10.1. The fourth-order valence-corrected chi connectivity index (χ4v) is 3.88. The van der Waals surface area contributed by atoms with E-state index in [1.54, 1.807) is 37.3 Å². The van der Waals surface area contributed by atoms with Crippen LogP contribution in [0, 0.1) is 11.8 Å². The van der Waals surface area contributed by atoms with Gasteiger partial charge in [0.25, 0.3) is 5.91 Å². The number of carbonyl (C=O) groups is 2. The van der Waals surface area contributed by atoms with Gasteiger partial charge in [0.05, 0.1) is 7.11 Å². The molecule has 0 unspecified atom stereocenters. The van der Waals surface area contributed by atoms with Crippen molar-refractivity contribution in [3.8, 4) is 5.75 Å². The van der Waals surface area contributed by atoms with Crippen molar-refractivity contribution in [2.45, 2.75) is 47.1 Å². The minimum absolute atomic E-state index is 0.103. The predicted molar refractivity (Wildman–Crippen MR) is 145 cm³/mol. The van der Waals surface area contributed by atoms with Crippen molar-refractivity contribution in [3.63, 3.8) is 0 Å². The number of nitrogens with zero attached hydrogens (tertiary/aromatic N) is 2. The van der Waals surface area contributed by atoms with E-state index in [4.69, 9.17) is 9.15 Å². The molecule has 3 amide bonds. The van der Waals surface area contributed by atoms with Gasteiger partial charge in [0, 0.05) is 37.8 Å². The number of hydrogen-bond donors (Lipinski definition) is 1. The van der Waals surface area contributed by atoms with Crippen LogP contribution in [0.25, 0.3) is 11.0 Å². The quantitative estimate of drug-likeness (QED) is 0.325. The second-order valence-electron chi connectivity index (χ2n) is 10.2. The van der Waals surface area contributed by atoms with Gasteiger partial charge in [-0.3, -0.25) is 4.79 Å². The van der Waals surface area contributed by atoms with E-state index in [2.05, 4.69) is 33.0 Å². The van der Waals surface area contributed by atoms with E-state index < -0.39 is 0 Å². The highest BCUT2D eigenvalue weighted by Gasteiger charge is 2.19. The van der Waals surface area contributed by atoms with Crippen LogP contribution in [0.4, 0.5) is 10.5 Å². The molecule has 0 aliphatic heterocycles. The van der Waals surface area contributed by atoms with Crippen molar-refractivity contribution in [3.05, 3.63) is 59.9 Å². The van der Waals surface area contributed by atoms with Gasteiger partial charge in [-0.05, 0) is 66.6 Å². The van der Waals surface area contributed by atoms with Gasteiger partial charge in [0.1, 0.15) is 11.3 Å².